The van der Waals surface area contributed by atoms with Crippen molar-refractivity contribution in [2.45, 2.75) is 12.5 Å². The van der Waals surface area contributed by atoms with Crippen LogP contribution in [-0.2, 0) is 16.0 Å². The van der Waals surface area contributed by atoms with Crippen molar-refractivity contribution in [1.82, 2.24) is 10.3 Å². The molecule has 138 valence electrons. The number of nitrogens with zero attached hydrogens (tertiary/aromatic N) is 1. The minimum atomic E-state index is -0.831. The van der Waals surface area contributed by atoms with Crippen molar-refractivity contribution in [1.29, 1.82) is 0 Å². The van der Waals surface area contributed by atoms with Gasteiger partial charge in [-0.3, -0.25) is 4.79 Å². The number of benzene rings is 2. The Morgan fingerprint density at radius 1 is 1.04 bits per heavy atom. The van der Waals surface area contributed by atoms with Gasteiger partial charge in [-0.1, -0.05) is 36.4 Å². The second-order valence-electron chi connectivity index (χ2n) is 5.99. The van der Waals surface area contributed by atoms with Crippen LogP contribution in [0.15, 0.2) is 60.7 Å². The molecule has 1 N–H and O–H groups in total. The van der Waals surface area contributed by atoms with Crippen LogP contribution in [0.1, 0.15) is 16.1 Å². The monoisotopic (exact) mass is 364 g/mol. The number of fused-ring (bicyclic) bond motifs is 1. The molecule has 1 heterocycles. The summed E-state index contributed by atoms with van der Waals surface area (Å²) in [6.07, 6.45) is 0.281. The second-order valence-corrected chi connectivity index (χ2v) is 5.99. The van der Waals surface area contributed by atoms with Crippen molar-refractivity contribution in [3.63, 3.8) is 0 Å². The van der Waals surface area contributed by atoms with Gasteiger partial charge in [0, 0.05) is 11.8 Å². The van der Waals surface area contributed by atoms with Crippen LogP contribution >= 0.6 is 0 Å². The molecule has 27 heavy (non-hydrogen) atoms. The second kappa shape index (κ2) is 8.31. The number of aromatic nitrogens is 1. The topological polar surface area (TPSA) is 77.5 Å². The number of para-hydroxylation sites is 1. The van der Waals surface area contributed by atoms with Crippen LogP contribution in [0.5, 0.6) is 5.75 Å². The Morgan fingerprint density at radius 3 is 2.63 bits per heavy atom. The number of amides is 1. The molecule has 2 aromatic carbocycles. The van der Waals surface area contributed by atoms with E-state index < -0.39 is 17.9 Å². The van der Waals surface area contributed by atoms with Gasteiger partial charge in [0.2, 0.25) is 0 Å². The van der Waals surface area contributed by atoms with E-state index in [1.54, 1.807) is 13.2 Å². The first kappa shape index (κ1) is 18.4. The molecule has 0 aliphatic carbocycles. The zero-order valence-corrected chi connectivity index (χ0v) is 15.1. The number of carbonyl (C=O) groups is 2. The van der Waals surface area contributed by atoms with E-state index in [0.29, 0.717) is 11.3 Å². The van der Waals surface area contributed by atoms with Gasteiger partial charge in [0.05, 0.1) is 19.7 Å². The number of hydrogen-bond acceptors (Lipinski definition) is 5. The van der Waals surface area contributed by atoms with E-state index in [9.17, 15) is 9.59 Å². The molecular weight excluding hydrogens is 344 g/mol. The fraction of sp³-hybridized carbons (Fsp3) is 0.190. The maximum absolute atomic E-state index is 12.6. The minimum Gasteiger partial charge on any atom is -0.497 e. The lowest BCUT2D eigenvalue weighted by Crippen LogP contribution is -2.43. The van der Waals surface area contributed by atoms with Gasteiger partial charge in [0.1, 0.15) is 17.5 Å². The highest BCUT2D eigenvalue weighted by molar-refractivity contribution is 5.97. The van der Waals surface area contributed by atoms with Gasteiger partial charge in [-0.25, -0.2) is 9.78 Å². The highest BCUT2D eigenvalue weighted by atomic mass is 16.5. The van der Waals surface area contributed by atoms with Crippen LogP contribution < -0.4 is 10.1 Å². The van der Waals surface area contributed by atoms with Gasteiger partial charge in [0.15, 0.2) is 0 Å². The summed E-state index contributed by atoms with van der Waals surface area (Å²) in [6.45, 7) is 0. The summed E-state index contributed by atoms with van der Waals surface area (Å²) in [5.74, 6) is -0.273. The van der Waals surface area contributed by atoms with Crippen LogP contribution in [0.3, 0.4) is 0 Å². The van der Waals surface area contributed by atoms with E-state index in [1.807, 2.05) is 54.6 Å². The van der Waals surface area contributed by atoms with Crippen molar-refractivity contribution < 1.29 is 19.1 Å². The predicted molar refractivity (Wildman–Crippen MR) is 102 cm³/mol. The van der Waals surface area contributed by atoms with Crippen molar-refractivity contribution in [2.75, 3.05) is 14.2 Å². The summed E-state index contributed by atoms with van der Waals surface area (Å²) >= 11 is 0. The molecule has 6 nitrogen and oxygen atoms in total. The van der Waals surface area contributed by atoms with Crippen LogP contribution in [0.4, 0.5) is 0 Å². The Labute approximate surface area is 157 Å². The highest BCUT2D eigenvalue weighted by Crippen LogP contribution is 2.15. The first-order valence-corrected chi connectivity index (χ1v) is 8.48. The number of esters is 1. The molecule has 6 heteroatoms. The van der Waals surface area contributed by atoms with E-state index in [-0.39, 0.29) is 12.1 Å². The van der Waals surface area contributed by atoms with Gasteiger partial charge >= 0.3 is 5.97 Å². The molecule has 0 spiro atoms. The van der Waals surface area contributed by atoms with Crippen molar-refractivity contribution in [2.24, 2.45) is 0 Å². The molecule has 0 radical (unpaired) electrons. The Kier molecular flexibility index (Phi) is 5.66. The molecule has 1 aromatic heterocycles. The van der Waals surface area contributed by atoms with E-state index in [0.717, 1.165) is 10.9 Å². The van der Waals surface area contributed by atoms with Crippen LogP contribution in [-0.4, -0.2) is 37.1 Å². The molecule has 0 aliphatic heterocycles. The Morgan fingerprint density at radius 2 is 1.85 bits per heavy atom. The van der Waals surface area contributed by atoms with Gasteiger partial charge in [-0.2, -0.15) is 0 Å². The van der Waals surface area contributed by atoms with E-state index in [1.165, 1.54) is 7.11 Å². The summed E-state index contributed by atoms with van der Waals surface area (Å²) in [5, 5.41) is 3.66. The van der Waals surface area contributed by atoms with Gasteiger partial charge in [0.25, 0.3) is 5.91 Å². The Hall–Kier alpha value is -3.41. The quantitative estimate of drug-likeness (QED) is 0.681. The summed E-state index contributed by atoms with van der Waals surface area (Å²) < 4.78 is 10.0. The Balaban J connectivity index is 1.80. The van der Waals surface area contributed by atoms with E-state index in [4.69, 9.17) is 9.47 Å². The third-order valence-corrected chi connectivity index (χ3v) is 4.20. The number of nitrogens with one attached hydrogen (secondary N) is 1. The normalized spacial score (nSPS) is 11.6. The first-order valence-electron chi connectivity index (χ1n) is 8.48. The number of carbonyl (C=O) groups excluding carboxylic acids is 2. The van der Waals surface area contributed by atoms with Crippen LogP contribution in [0, 0.1) is 0 Å². The molecule has 0 bridgehead atoms. The van der Waals surface area contributed by atoms with Crippen molar-refractivity contribution >= 4 is 22.8 Å². The number of rotatable bonds is 6. The van der Waals surface area contributed by atoms with Crippen LogP contribution in [0.25, 0.3) is 10.9 Å². The first-order chi connectivity index (χ1) is 13.1. The lowest BCUT2D eigenvalue weighted by atomic mass is 10.1. The molecule has 1 atom stereocenters. The molecule has 0 fully saturated rings. The Bertz CT molecular complexity index is 971. The molecular formula is C21H20N2O4. The standard InChI is InChI=1S/C21H20N2O4/c1-26-16-8-5-6-14(12-16)13-19(21(25)27-2)23-20(24)18-11-10-15-7-3-4-9-17(15)22-18/h3-12,19H,13H2,1-2H3,(H,23,24)/t19-/m1/s1. The molecule has 0 saturated heterocycles. The predicted octanol–water partition coefficient (Wildman–Crippen LogP) is 2.76. The SMILES string of the molecule is COC(=O)[C@@H](Cc1cccc(OC)c1)NC(=O)c1ccc2ccccc2n1. The van der Waals surface area contributed by atoms with Gasteiger partial charge in [-0.15, -0.1) is 0 Å². The summed E-state index contributed by atoms with van der Waals surface area (Å²) in [7, 11) is 2.87. The lowest BCUT2D eigenvalue weighted by molar-refractivity contribution is -0.142. The minimum absolute atomic E-state index is 0.244. The fourth-order valence-electron chi connectivity index (χ4n) is 2.80. The molecule has 0 aliphatic rings. The van der Waals surface area contributed by atoms with Gasteiger partial charge in [-0.05, 0) is 29.8 Å². The average Bonchev–Trinajstić information content (AvgIpc) is 2.72. The highest BCUT2D eigenvalue weighted by Gasteiger charge is 2.23. The number of hydrogen-bond donors (Lipinski definition) is 1. The summed E-state index contributed by atoms with van der Waals surface area (Å²) in [5.41, 5.74) is 1.80. The zero-order chi connectivity index (χ0) is 19.2. The average molecular weight is 364 g/mol. The fourth-order valence-corrected chi connectivity index (χ4v) is 2.80. The van der Waals surface area contributed by atoms with Crippen molar-refractivity contribution in [3.8, 4) is 5.75 Å². The van der Waals surface area contributed by atoms with E-state index >= 15 is 0 Å². The molecule has 0 unspecified atom stereocenters. The smallest absolute Gasteiger partial charge is 0.328 e. The van der Waals surface area contributed by atoms with Crippen LogP contribution in [0.2, 0.25) is 0 Å². The third-order valence-electron chi connectivity index (χ3n) is 4.20. The van der Waals surface area contributed by atoms with E-state index in [2.05, 4.69) is 10.3 Å². The summed E-state index contributed by atoms with van der Waals surface area (Å²) in [6, 6.07) is 17.5. The number of methoxy groups -OCH3 is 2. The maximum Gasteiger partial charge on any atom is 0.328 e. The molecule has 1 amide bonds. The van der Waals surface area contributed by atoms with Crippen molar-refractivity contribution in [3.05, 3.63) is 71.9 Å². The van der Waals surface area contributed by atoms with Gasteiger partial charge < -0.3 is 14.8 Å². The summed E-state index contributed by atoms with van der Waals surface area (Å²) in [4.78, 5) is 29.2. The molecule has 3 aromatic rings. The number of pyridine rings is 1. The maximum atomic E-state index is 12.6. The third kappa shape index (κ3) is 4.41. The zero-order valence-electron chi connectivity index (χ0n) is 15.1. The number of ether oxygens (including phenoxy) is 2. The molecule has 3 rings (SSSR count). The molecule has 0 saturated carbocycles. The lowest BCUT2D eigenvalue weighted by Gasteiger charge is -2.17. The largest absolute Gasteiger partial charge is 0.497 e.